The van der Waals surface area contributed by atoms with Gasteiger partial charge in [0.25, 0.3) is 5.91 Å². The molecule has 6 nitrogen and oxygen atoms in total. The summed E-state index contributed by atoms with van der Waals surface area (Å²) in [4.78, 5) is 16.5. The molecular weight excluding hydrogens is 390 g/mol. The number of aryl methyl sites for hydroxylation is 2. The van der Waals surface area contributed by atoms with E-state index in [1.165, 1.54) is 16.9 Å². The van der Waals surface area contributed by atoms with Gasteiger partial charge in [0.2, 0.25) is 0 Å². The topological polar surface area (TPSA) is 72.7 Å². The van der Waals surface area contributed by atoms with Gasteiger partial charge >= 0.3 is 0 Å². The highest BCUT2D eigenvalue weighted by Crippen LogP contribution is 2.20. The van der Waals surface area contributed by atoms with E-state index in [0.29, 0.717) is 18.2 Å². The highest BCUT2D eigenvalue weighted by atomic mass is 32.2. The summed E-state index contributed by atoms with van der Waals surface area (Å²) in [7, 11) is 0. The van der Waals surface area contributed by atoms with E-state index in [1.54, 1.807) is 17.1 Å². The van der Waals surface area contributed by atoms with Gasteiger partial charge in [0, 0.05) is 17.7 Å². The highest BCUT2D eigenvalue weighted by molar-refractivity contribution is 7.99. The van der Waals surface area contributed by atoms with Crippen molar-refractivity contribution < 1.29 is 4.79 Å². The average molecular weight is 416 g/mol. The van der Waals surface area contributed by atoms with E-state index in [1.807, 2.05) is 13.0 Å². The monoisotopic (exact) mass is 415 g/mol. The molecule has 3 rings (SSSR count). The van der Waals surface area contributed by atoms with Gasteiger partial charge in [-0.3, -0.25) is 4.79 Å². The molecule has 0 unspecified atom stereocenters. The molecule has 0 fully saturated rings. The first kappa shape index (κ1) is 20.5. The van der Waals surface area contributed by atoms with E-state index < -0.39 is 0 Å². The Kier molecular flexibility index (Phi) is 7.22. The van der Waals surface area contributed by atoms with Crippen LogP contribution in [0.15, 0.2) is 40.9 Å². The second-order valence-electron chi connectivity index (χ2n) is 6.92. The van der Waals surface area contributed by atoms with Crippen LogP contribution in [0.3, 0.4) is 0 Å². The Bertz CT molecular complexity index is 904. The van der Waals surface area contributed by atoms with Crippen molar-refractivity contribution in [1.29, 1.82) is 0 Å². The zero-order valence-corrected chi connectivity index (χ0v) is 18.0. The second kappa shape index (κ2) is 9.84. The third-order valence-corrected chi connectivity index (χ3v) is 5.81. The third kappa shape index (κ3) is 5.65. The van der Waals surface area contributed by atoms with Crippen LogP contribution in [0.1, 0.15) is 40.7 Å². The molecule has 148 valence electrons. The number of nitrogens with zero attached hydrogens (tertiary/aromatic N) is 4. The maximum Gasteiger partial charge on any atom is 0.271 e. The van der Waals surface area contributed by atoms with Crippen molar-refractivity contribution >= 4 is 29.0 Å². The summed E-state index contributed by atoms with van der Waals surface area (Å²) in [6.07, 6.45) is 0.981. The molecule has 0 saturated heterocycles. The van der Waals surface area contributed by atoms with Gasteiger partial charge in [0.15, 0.2) is 11.0 Å². The average Bonchev–Trinajstić information content (AvgIpc) is 3.27. The second-order valence-corrected chi connectivity index (χ2v) is 9.05. The van der Waals surface area contributed by atoms with Gasteiger partial charge in [0.05, 0.1) is 11.6 Å². The number of thiazole rings is 1. The predicted octanol–water partition coefficient (Wildman–Crippen LogP) is 3.96. The van der Waals surface area contributed by atoms with Gasteiger partial charge in [-0.1, -0.05) is 55.9 Å². The van der Waals surface area contributed by atoms with Crippen LogP contribution < -0.4 is 5.32 Å². The number of hydrogen-bond acceptors (Lipinski definition) is 6. The minimum atomic E-state index is -0.179. The summed E-state index contributed by atoms with van der Waals surface area (Å²) in [6.45, 7) is 7.38. The van der Waals surface area contributed by atoms with Crippen LogP contribution in [0.4, 0.5) is 0 Å². The molecule has 2 aromatic heterocycles. The minimum Gasteiger partial charge on any atom is -0.343 e. The van der Waals surface area contributed by atoms with Gasteiger partial charge in [0.1, 0.15) is 5.69 Å². The molecule has 1 N–H and O–H groups in total. The smallest absolute Gasteiger partial charge is 0.271 e. The number of nitrogens with one attached hydrogen (secondary N) is 1. The molecule has 28 heavy (non-hydrogen) atoms. The Labute approximate surface area is 173 Å². The quantitative estimate of drug-likeness (QED) is 0.536. The maximum atomic E-state index is 12.3. The molecule has 0 atom stereocenters. The number of carbonyl (C=O) groups is 1. The first-order chi connectivity index (χ1) is 13.5. The van der Waals surface area contributed by atoms with Gasteiger partial charge in [-0.15, -0.1) is 21.5 Å². The van der Waals surface area contributed by atoms with E-state index in [9.17, 15) is 4.79 Å². The first-order valence-corrected chi connectivity index (χ1v) is 11.2. The van der Waals surface area contributed by atoms with E-state index in [2.05, 4.69) is 63.2 Å². The van der Waals surface area contributed by atoms with Gasteiger partial charge < -0.3 is 9.88 Å². The fraction of sp³-hybridized carbons (Fsp3) is 0.400. The van der Waals surface area contributed by atoms with Crippen LogP contribution in [0.2, 0.25) is 0 Å². The Morgan fingerprint density at radius 2 is 2.04 bits per heavy atom. The van der Waals surface area contributed by atoms with E-state index >= 15 is 0 Å². The molecule has 0 aliphatic heterocycles. The molecule has 2 heterocycles. The molecule has 0 spiro atoms. The van der Waals surface area contributed by atoms with Crippen LogP contribution >= 0.6 is 23.1 Å². The number of carbonyl (C=O) groups excluding carboxylic acids is 1. The van der Waals surface area contributed by atoms with Crippen LogP contribution in [0.25, 0.3) is 0 Å². The minimum absolute atomic E-state index is 0.179. The molecule has 3 aromatic rings. The molecule has 0 aliphatic carbocycles. The van der Waals surface area contributed by atoms with Crippen molar-refractivity contribution in [2.45, 2.75) is 45.4 Å². The van der Waals surface area contributed by atoms with E-state index in [0.717, 1.165) is 34.7 Å². The summed E-state index contributed by atoms with van der Waals surface area (Å²) in [5.74, 6) is 1.99. The van der Waals surface area contributed by atoms with Crippen LogP contribution in [0, 0.1) is 12.8 Å². The molecule has 0 radical (unpaired) electrons. The van der Waals surface area contributed by atoms with E-state index in [4.69, 9.17) is 0 Å². The van der Waals surface area contributed by atoms with Crippen LogP contribution in [0.5, 0.6) is 0 Å². The van der Waals surface area contributed by atoms with Crippen LogP contribution in [-0.4, -0.2) is 31.4 Å². The Morgan fingerprint density at radius 1 is 1.25 bits per heavy atom. The van der Waals surface area contributed by atoms with E-state index in [-0.39, 0.29) is 5.91 Å². The maximum absolute atomic E-state index is 12.3. The molecule has 1 aromatic carbocycles. The summed E-state index contributed by atoms with van der Waals surface area (Å²) in [6, 6.07) is 10.4. The normalized spacial score (nSPS) is 11.1. The van der Waals surface area contributed by atoms with Crippen molar-refractivity contribution in [2.75, 3.05) is 5.75 Å². The fourth-order valence-corrected chi connectivity index (χ4v) is 4.28. The number of thioether (sulfide) groups is 1. The predicted molar refractivity (Wildman–Crippen MR) is 114 cm³/mol. The van der Waals surface area contributed by atoms with Crippen molar-refractivity contribution in [2.24, 2.45) is 5.92 Å². The zero-order valence-electron chi connectivity index (χ0n) is 16.4. The Balaban J connectivity index is 1.63. The largest absolute Gasteiger partial charge is 0.343 e. The van der Waals surface area contributed by atoms with Crippen LogP contribution in [-0.2, 0) is 19.5 Å². The van der Waals surface area contributed by atoms with Crippen molar-refractivity contribution in [3.63, 3.8) is 0 Å². The van der Waals surface area contributed by atoms with Gasteiger partial charge in [-0.25, -0.2) is 4.98 Å². The Hall–Kier alpha value is -2.19. The lowest BCUT2D eigenvalue weighted by Gasteiger charge is -2.12. The third-order valence-electron chi connectivity index (χ3n) is 4.06. The SMILES string of the molecule is Cc1nc(C(=O)NCc2nnc(SCCc3ccccc3)n2CC(C)C)cs1. The fourth-order valence-electron chi connectivity index (χ4n) is 2.73. The lowest BCUT2D eigenvalue weighted by molar-refractivity contribution is 0.0945. The lowest BCUT2D eigenvalue weighted by Crippen LogP contribution is -2.25. The molecule has 1 amide bonds. The first-order valence-electron chi connectivity index (χ1n) is 9.32. The molecule has 0 aliphatic rings. The molecule has 0 bridgehead atoms. The summed E-state index contributed by atoms with van der Waals surface area (Å²) < 4.78 is 2.12. The van der Waals surface area contributed by atoms with Gasteiger partial charge in [-0.05, 0) is 24.8 Å². The lowest BCUT2D eigenvalue weighted by atomic mass is 10.2. The summed E-state index contributed by atoms with van der Waals surface area (Å²) >= 11 is 3.17. The molecular formula is C20H25N5OS2. The number of benzene rings is 1. The molecule has 8 heteroatoms. The van der Waals surface area contributed by atoms with Crippen molar-refractivity contribution in [3.05, 3.63) is 57.8 Å². The number of rotatable bonds is 9. The standard InChI is InChI=1S/C20H25N5OS2/c1-14(2)12-25-18(11-21-19(26)17-13-28-15(3)22-17)23-24-20(25)27-10-9-16-7-5-4-6-8-16/h4-8,13-14H,9-12H2,1-3H3,(H,21,26). The molecule has 0 saturated carbocycles. The van der Waals surface area contributed by atoms with Crippen molar-refractivity contribution in [1.82, 2.24) is 25.1 Å². The Morgan fingerprint density at radius 3 is 2.71 bits per heavy atom. The summed E-state index contributed by atoms with van der Waals surface area (Å²) in [5.41, 5.74) is 1.77. The highest BCUT2D eigenvalue weighted by Gasteiger charge is 2.16. The number of aromatic nitrogens is 4. The number of hydrogen-bond donors (Lipinski definition) is 1. The summed E-state index contributed by atoms with van der Waals surface area (Å²) in [5, 5.41) is 15.2. The number of amides is 1. The van der Waals surface area contributed by atoms with Crippen molar-refractivity contribution in [3.8, 4) is 0 Å². The van der Waals surface area contributed by atoms with Gasteiger partial charge in [-0.2, -0.15) is 0 Å². The zero-order chi connectivity index (χ0) is 19.9.